The van der Waals surface area contributed by atoms with Crippen molar-refractivity contribution >= 4 is 22.7 Å². The molecule has 4 heteroatoms. The Balaban J connectivity index is 2.23. The summed E-state index contributed by atoms with van der Waals surface area (Å²) < 4.78 is 0. The first-order valence-corrected chi connectivity index (χ1v) is 6.32. The Morgan fingerprint density at radius 1 is 1.31 bits per heavy atom. The standard InChI is InChI=1S/C12H15N3S/c1-9(6-13)7-16-12-10-4-2-3-5-11(10)14-8-15-12/h2-5,8-9H,6-7,13H2,1H3. The van der Waals surface area contributed by atoms with Gasteiger partial charge in [-0.15, -0.1) is 11.8 Å². The number of aromatic nitrogens is 2. The molecule has 84 valence electrons. The summed E-state index contributed by atoms with van der Waals surface area (Å²) >= 11 is 1.75. The zero-order valence-corrected chi connectivity index (χ0v) is 10.1. The molecule has 1 heterocycles. The summed E-state index contributed by atoms with van der Waals surface area (Å²) in [4.78, 5) is 8.56. The third-order valence-electron chi connectivity index (χ3n) is 2.41. The van der Waals surface area contributed by atoms with Gasteiger partial charge in [-0.2, -0.15) is 0 Å². The quantitative estimate of drug-likeness (QED) is 0.650. The van der Waals surface area contributed by atoms with Crippen LogP contribution >= 0.6 is 11.8 Å². The molecule has 0 saturated carbocycles. The maximum Gasteiger partial charge on any atom is 0.117 e. The molecule has 0 aliphatic carbocycles. The van der Waals surface area contributed by atoms with E-state index < -0.39 is 0 Å². The van der Waals surface area contributed by atoms with Crippen molar-refractivity contribution in [1.29, 1.82) is 0 Å². The number of hydrogen-bond donors (Lipinski definition) is 1. The van der Waals surface area contributed by atoms with Gasteiger partial charge in [0.1, 0.15) is 11.4 Å². The fourth-order valence-corrected chi connectivity index (χ4v) is 2.41. The minimum atomic E-state index is 0.513. The van der Waals surface area contributed by atoms with Crippen molar-refractivity contribution in [3.8, 4) is 0 Å². The predicted octanol–water partition coefficient (Wildman–Crippen LogP) is 2.32. The van der Waals surface area contributed by atoms with Gasteiger partial charge in [0.25, 0.3) is 0 Å². The maximum absolute atomic E-state index is 5.60. The Kier molecular flexibility index (Phi) is 3.74. The van der Waals surface area contributed by atoms with Crippen LogP contribution in [0.15, 0.2) is 35.6 Å². The first-order valence-electron chi connectivity index (χ1n) is 5.34. The molecule has 1 aromatic heterocycles. The molecule has 0 saturated heterocycles. The molecule has 16 heavy (non-hydrogen) atoms. The molecule has 1 aromatic carbocycles. The molecular formula is C12H15N3S. The van der Waals surface area contributed by atoms with Gasteiger partial charge in [0, 0.05) is 11.1 Å². The van der Waals surface area contributed by atoms with Crippen molar-refractivity contribution < 1.29 is 0 Å². The average Bonchev–Trinajstić information content (AvgIpc) is 2.35. The Hall–Kier alpha value is -1.13. The highest BCUT2D eigenvalue weighted by Gasteiger charge is 2.05. The molecule has 0 spiro atoms. The van der Waals surface area contributed by atoms with Gasteiger partial charge >= 0.3 is 0 Å². The van der Waals surface area contributed by atoms with Crippen molar-refractivity contribution in [2.75, 3.05) is 12.3 Å². The van der Waals surface area contributed by atoms with Crippen LogP contribution < -0.4 is 5.73 Å². The highest BCUT2D eigenvalue weighted by molar-refractivity contribution is 7.99. The van der Waals surface area contributed by atoms with Crippen LogP contribution in [-0.4, -0.2) is 22.3 Å². The van der Waals surface area contributed by atoms with E-state index in [1.165, 1.54) is 0 Å². The summed E-state index contributed by atoms with van der Waals surface area (Å²) in [5.74, 6) is 1.51. The minimum absolute atomic E-state index is 0.513. The Morgan fingerprint density at radius 2 is 2.12 bits per heavy atom. The van der Waals surface area contributed by atoms with Crippen LogP contribution in [0.2, 0.25) is 0 Å². The van der Waals surface area contributed by atoms with E-state index in [4.69, 9.17) is 5.73 Å². The SMILES string of the molecule is CC(CN)CSc1ncnc2ccccc12. The summed E-state index contributed by atoms with van der Waals surface area (Å²) in [5, 5.41) is 2.17. The highest BCUT2D eigenvalue weighted by Crippen LogP contribution is 2.25. The zero-order valence-electron chi connectivity index (χ0n) is 9.26. The van der Waals surface area contributed by atoms with Crippen LogP contribution in [0.3, 0.4) is 0 Å². The van der Waals surface area contributed by atoms with Crippen LogP contribution in [0.5, 0.6) is 0 Å². The Labute approximate surface area is 99.5 Å². The van der Waals surface area contributed by atoms with E-state index >= 15 is 0 Å². The Morgan fingerprint density at radius 3 is 2.94 bits per heavy atom. The smallest absolute Gasteiger partial charge is 0.117 e. The van der Waals surface area contributed by atoms with Gasteiger partial charge in [-0.3, -0.25) is 0 Å². The molecule has 0 radical (unpaired) electrons. The fraction of sp³-hybridized carbons (Fsp3) is 0.333. The number of hydrogen-bond acceptors (Lipinski definition) is 4. The van der Waals surface area contributed by atoms with Crippen LogP contribution in [-0.2, 0) is 0 Å². The third-order valence-corrected chi connectivity index (χ3v) is 3.75. The van der Waals surface area contributed by atoms with E-state index in [1.807, 2.05) is 18.2 Å². The van der Waals surface area contributed by atoms with Crippen LogP contribution in [0, 0.1) is 5.92 Å². The first-order chi connectivity index (χ1) is 7.81. The summed E-state index contributed by atoms with van der Waals surface area (Å²) in [6.45, 7) is 2.87. The van der Waals surface area contributed by atoms with Gasteiger partial charge in [0.05, 0.1) is 5.52 Å². The van der Waals surface area contributed by atoms with Crippen molar-refractivity contribution in [3.05, 3.63) is 30.6 Å². The number of thioether (sulfide) groups is 1. The van der Waals surface area contributed by atoms with Gasteiger partial charge in [0.2, 0.25) is 0 Å². The highest BCUT2D eigenvalue weighted by atomic mass is 32.2. The van der Waals surface area contributed by atoms with E-state index in [2.05, 4.69) is 23.0 Å². The van der Waals surface area contributed by atoms with Gasteiger partial charge in [-0.25, -0.2) is 9.97 Å². The molecule has 2 rings (SSSR count). The molecule has 3 nitrogen and oxygen atoms in total. The first kappa shape index (κ1) is 11.4. The van der Waals surface area contributed by atoms with Gasteiger partial charge in [-0.05, 0) is 18.5 Å². The van der Waals surface area contributed by atoms with Crippen LogP contribution in [0.25, 0.3) is 10.9 Å². The predicted molar refractivity (Wildman–Crippen MR) is 68.5 cm³/mol. The van der Waals surface area contributed by atoms with Crippen molar-refractivity contribution in [3.63, 3.8) is 0 Å². The number of para-hydroxylation sites is 1. The molecule has 1 unspecified atom stereocenters. The summed E-state index contributed by atoms with van der Waals surface area (Å²) in [5.41, 5.74) is 6.60. The second-order valence-electron chi connectivity index (χ2n) is 3.85. The lowest BCUT2D eigenvalue weighted by atomic mass is 10.2. The molecule has 0 fully saturated rings. The number of rotatable bonds is 4. The number of nitrogens with zero attached hydrogens (tertiary/aromatic N) is 2. The number of nitrogens with two attached hydrogens (primary N) is 1. The van der Waals surface area contributed by atoms with E-state index in [0.29, 0.717) is 5.92 Å². The maximum atomic E-state index is 5.60. The lowest BCUT2D eigenvalue weighted by Crippen LogP contribution is -2.12. The number of benzene rings is 1. The molecule has 0 amide bonds. The topological polar surface area (TPSA) is 51.8 Å². The normalized spacial score (nSPS) is 12.9. The molecule has 2 aromatic rings. The van der Waals surface area contributed by atoms with Gasteiger partial charge in [-0.1, -0.05) is 25.1 Å². The lowest BCUT2D eigenvalue weighted by molar-refractivity contribution is 0.675. The van der Waals surface area contributed by atoms with Crippen LogP contribution in [0.1, 0.15) is 6.92 Å². The molecule has 2 N–H and O–H groups in total. The Bertz CT molecular complexity index is 467. The number of fused-ring (bicyclic) bond motifs is 1. The third kappa shape index (κ3) is 2.51. The average molecular weight is 233 g/mol. The van der Waals surface area contributed by atoms with Gasteiger partial charge < -0.3 is 5.73 Å². The second kappa shape index (κ2) is 5.27. The molecular weight excluding hydrogens is 218 g/mol. The largest absolute Gasteiger partial charge is 0.330 e. The van der Waals surface area contributed by atoms with Crippen molar-refractivity contribution in [2.45, 2.75) is 11.9 Å². The minimum Gasteiger partial charge on any atom is -0.330 e. The van der Waals surface area contributed by atoms with Crippen LogP contribution in [0.4, 0.5) is 0 Å². The van der Waals surface area contributed by atoms with E-state index in [9.17, 15) is 0 Å². The van der Waals surface area contributed by atoms with Crippen molar-refractivity contribution in [2.24, 2.45) is 11.7 Å². The van der Waals surface area contributed by atoms with Crippen molar-refractivity contribution in [1.82, 2.24) is 9.97 Å². The fourth-order valence-electron chi connectivity index (χ4n) is 1.38. The molecule has 0 bridgehead atoms. The summed E-state index contributed by atoms with van der Waals surface area (Å²) in [7, 11) is 0. The summed E-state index contributed by atoms with van der Waals surface area (Å²) in [6.07, 6.45) is 1.62. The molecule has 0 aliphatic heterocycles. The van der Waals surface area contributed by atoms with Gasteiger partial charge in [0.15, 0.2) is 0 Å². The lowest BCUT2D eigenvalue weighted by Gasteiger charge is -2.08. The summed E-state index contributed by atoms with van der Waals surface area (Å²) in [6, 6.07) is 8.08. The monoisotopic (exact) mass is 233 g/mol. The second-order valence-corrected chi connectivity index (χ2v) is 4.86. The van der Waals surface area contributed by atoms with E-state index in [1.54, 1.807) is 18.1 Å². The molecule has 0 aliphatic rings. The molecule has 1 atom stereocenters. The zero-order chi connectivity index (χ0) is 11.4. The van der Waals surface area contributed by atoms with E-state index in [0.717, 1.165) is 28.2 Å². The van der Waals surface area contributed by atoms with E-state index in [-0.39, 0.29) is 0 Å².